The number of urea groups is 1. The number of alkyl halides is 1. The van der Waals surface area contributed by atoms with E-state index in [0.29, 0.717) is 5.01 Å². The van der Waals surface area contributed by atoms with Gasteiger partial charge in [0.15, 0.2) is 0 Å². The summed E-state index contributed by atoms with van der Waals surface area (Å²) in [5.74, 6) is -0.442. The molecule has 0 bridgehead atoms. The standard InChI is InChI=1S/C5H11ClN4O4S/c6-1-3-10(9-12)5(11)8-15(13,14)4-2-7/h1-4,7H2,(H,8,11). The van der Waals surface area contributed by atoms with Gasteiger partial charge in [0, 0.05) is 12.4 Å². The molecular formula is C5H11ClN4O4S. The van der Waals surface area contributed by atoms with Crippen LogP contribution in [0.25, 0.3) is 0 Å². The average Bonchev–Trinajstić information content (AvgIpc) is 2.12. The minimum absolute atomic E-state index is 0.0317. The number of amides is 2. The molecule has 0 unspecified atom stereocenters. The zero-order valence-corrected chi connectivity index (χ0v) is 9.29. The van der Waals surface area contributed by atoms with Crippen molar-refractivity contribution in [2.75, 3.05) is 24.7 Å². The quantitative estimate of drug-likeness (QED) is 0.367. The molecule has 8 nitrogen and oxygen atoms in total. The van der Waals surface area contributed by atoms with Gasteiger partial charge in [-0.1, -0.05) is 0 Å². The maximum absolute atomic E-state index is 11.1. The van der Waals surface area contributed by atoms with E-state index in [4.69, 9.17) is 17.3 Å². The first-order valence-corrected chi connectivity index (χ1v) is 6.06. The van der Waals surface area contributed by atoms with Gasteiger partial charge in [-0.15, -0.1) is 16.5 Å². The van der Waals surface area contributed by atoms with Crippen LogP contribution in [0.1, 0.15) is 0 Å². The van der Waals surface area contributed by atoms with Gasteiger partial charge in [0.1, 0.15) is 0 Å². The number of halogens is 1. The van der Waals surface area contributed by atoms with E-state index in [2.05, 4.69) is 5.29 Å². The molecule has 2 amide bonds. The maximum Gasteiger partial charge on any atom is 0.354 e. The van der Waals surface area contributed by atoms with Crippen molar-refractivity contribution in [3.63, 3.8) is 0 Å². The van der Waals surface area contributed by atoms with E-state index in [1.165, 1.54) is 0 Å². The van der Waals surface area contributed by atoms with Crippen LogP contribution in [0.2, 0.25) is 0 Å². The maximum atomic E-state index is 11.1. The molecule has 0 spiro atoms. The zero-order valence-electron chi connectivity index (χ0n) is 7.72. The Morgan fingerprint density at radius 1 is 1.53 bits per heavy atom. The summed E-state index contributed by atoms with van der Waals surface area (Å²) in [5.41, 5.74) is 5.01. The van der Waals surface area contributed by atoms with E-state index < -0.39 is 21.8 Å². The van der Waals surface area contributed by atoms with Gasteiger partial charge in [0.05, 0.1) is 17.6 Å². The molecule has 0 aliphatic rings. The molecule has 0 radical (unpaired) electrons. The molecule has 0 rings (SSSR count). The zero-order chi connectivity index (χ0) is 11.9. The van der Waals surface area contributed by atoms with Crippen molar-refractivity contribution in [2.45, 2.75) is 0 Å². The summed E-state index contributed by atoms with van der Waals surface area (Å²) in [6.07, 6.45) is 0. The van der Waals surface area contributed by atoms with Crippen molar-refractivity contribution in [3.05, 3.63) is 4.91 Å². The number of nitrogens with two attached hydrogens (primary N) is 1. The van der Waals surface area contributed by atoms with Gasteiger partial charge in [-0.3, -0.25) is 0 Å². The van der Waals surface area contributed by atoms with Crippen molar-refractivity contribution in [1.29, 1.82) is 0 Å². The second-order valence-corrected chi connectivity index (χ2v) is 4.63. The highest BCUT2D eigenvalue weighted by Crippen LogP contribution is 1.94. The first-order valence-electron chi connectivity index (χ1n) is 3.88. The lowest BCUT2D eigenvalue weighted by Crippen LogP contribution is -2.42. The Morgan fingerprint density at radius 3 is 2.53 bits per heavy atom. The summed E-state index contributed by atoms with van der Waals surface area (Å²) in [4.78, 5) is 21.2. The molecule has 0 aromatic rings. The molecule has 0 aromatic carbocycles. The molecule has 3 N–H and O–H groups in total. The lowest BCUT2D eigenvalue weighted by molar-refractivity contribution is 0.208. The highest BCUT2D eigenvalue weighted by Gasteiger charge is 2.19. The molecular weight excluding hydrogens is 248 g/mol. The monoisotopic (exact) mass is 258 g/mol. The van der Waals surface area contributed by atoms with Crippen LogP contribution in [-0.2, 0) is 10.0 Å². The topological polar surface area (TPSA) is 122 Å². The van der Waals surface area contributed by atoms with E-state index in [0.717, 1.165) is 0 Å². The van der Waals surface area contributed by atoms with Gasteiger partial charge < -0.3 is 5.73 Å². The van der Waals surface area contributed by atoms with Crippen LogP contribution in [0.3, 0.4) is 0 Å². The fourth-order valence-corrected chi connectivity index (χ4v) is 1.60. The molecule has 88 valence electrons. The minimum Gasteiger partial charge on any atom is -0.329 e. The first kappa shape index (κ1) is 14.1. The van der Waals surface area contributed by atoms with Gasteiger partial charge in [0.2, 0.25) is 10.0 Å². The fourth-order valence-electron chi connectivity index (χ4n) is 0.651. The number of hydrogen-bond acceptors (Lipinski definition) is 6. The second-order valence-electron chi connectivity index (χ2n) is 2.41. The van der Waals surface area contributed by atoms with Crippen molar-refractivity contribution in [3.8, 4) is 0 Å². The van der Waals surface area contributed by atoms with Gasteiger partial charge in [-0.25, -0.2) is 17.9 Å². The van der Waals surface area contributed by atoms with E-state index in [-0.39, 0.29) is 19.0 Å². The second kappa shape index (κ2) is 6.53. The van der Waals surface area contributed by atoms with Crippen molar-refractivity contribution in [1.82, 2.24) is 9.73 Å². The number of rotatable bonds is 6. The SMILES string of the molecule is NCCS(=O)(=O)NC(=O)N(CCCl)N=O. The summed E-state index contributed by atoms with van der Waals surface area (Å²) in [7, 11) is -3.81. The van der Waals surface area contributed by atoms with Crippen LogP contribution < -0.4 is 10.5 Å². The van der Waals surface area contributed by atoms with Crippen molar-refractivity contribution >= 4 is 27.7 Å². The predicted molar refractivity (Wildman–Crippen MR) is 54.6 cm³/mol. The number of sulfonamides is 1. The molecule has 0 atom stereocenters. The summed E-state index contributed by atoms with van der Waals surface area (Å²) in [6, 6.07) is -1.14. The predicted octanol–water partition coefficient (Wildman–Crippen LogP) is -0.793. The lowest BCUT2D eigenvalue weighted by atomic mass is 10.7. The molecule has 0 aliphatic carbocycles. The fraction of sp³-hybridized carbons (Fsp3) is 0.800. The number of nitrogens with one attached hydrogen (secondary N) is 1. The molecule has 0 aliphatic heterocycles. The van der Waals surface area contributed by atoms with E-state index >= 15 is 0 Å². The Morgan fingerprint density at radius 2 is 2.13 bits per heavy atom. The number of nitroso groups, excluding NO2 is 1. The van der Waals surface area contributed by atoms with Crippen LogP contribution in [0.4, 0.5) is 4.79 Å². The Labute approximate surface area is 91.7 Å². The summed E-state index contributed by atoms with van der Waals surface area (Å²) < 4.78 is 23.7. The number of hydrogen-bond donors (Lipinski definition) is 2. The Kier molecular flexibility index (Phi) is 6.13. The van der Waals surface area contributed by atoms with Crippen LogP contribution in [0.5, 0.6) is 0 Å². The van der Waals surface area contributed by atoms with Crippen molar-refractivity contribution < 1.29 is 13.2 Å². The van der Waals surface area contributed by atoms with Crippen molar-refractivity contribution in [2.24, 2.45) is 11.0 Å². The van der Waals surface area contributed by atoms with E-state index in [1.807, 2.05) is 0 Å². The molecule has 0 saturated heterocycles. The third-order valence-corrected chi connectivity index (χ3v) is 2.69. The lowest BCUT2D eigenvalue weighted by Gasteiger charge is -2.12. The number of carbonyl (C=O) groups is 1. The third kappa shape index (κ3) is 5.50. The highest BCUT2D eigenvalue weighted by molar-refractivity contribution is 7.90. The van der Waals surface area contributed by atoms with Crippen LogP contribution >= 0.6 is 11.6 Å². The van der Waals surface area contributed by atoms with Gasteiger partial charge in [-0.05, 0) is 0 Å². The Balaban J connectivity index is 4.40. The Hall–Kier alpha value is -0.930. The largest absolute Gasteiger partial charge is 0.354 e. The molecule has 10 heteroatoms. The number of nitrogens with zero attached hydrogens (tertiary/aromatic N) is 2. The number of carbonyl (C=O) groups excluding carboxylic acids is 1. The average molecular weight is 259 g/mol. The smallest absolute Gasteiger partial charge is 0.329 e. The molecule has 0 heterocycles. The van der Waals surface area contributed by atoms with Crippen LogP contribution in [-0.4, -0.2) is 44.2 Å². The first-order chi connectivity index (χ1) is 6.96. The summed E-state index contributed by atoms with van der Waals surface area (Å²) >= 11 is 5.26. The van der Waals surface area contributed by atoms with Gasteiger partial charge >= 0.3 is 6.03 Å². The molecule has 0 fully saturated rings. The van der Waals surface area contributed by atoms with Gasteiger partial charge in [-0.2, -0.15) is 5.01 Å². The highest BCUT2D eigenvalue weighted by atomic mass is 35.5. The third-order valence-electron chi connectivity index (χ3n) is 1.26. The molecule has 15 heavy (non-hydrogen) atoms. The molecule has 0 saturated carbocycles. The van der Waals surface area contributed by atoms with E-state index in [9.17, 15) is 18.1 Å². The Bertz CT molecular complexity index is 319. The normalized spacial score (nSPS) is 10.8. The molecule has 0 aromatic heterocycles. The minimum atomic E-state index is -3.81. The van der Waals surface area contributed by atoms with E-state index in [1.54, 1.807) is 4.72 Å². The summed E-state index contributed by atoms with van der Waals surface area (Å²) in [5, 5.41) is 2.69. The summed E-state index contributed by atoms with van der Waals surface area (Å²) in [6.45, 7) is -0.304. The van der Waals surface area contributed by atoms with Gasteiger partial charge in [0.25, 0.3) is 0 Å². The van der Waals surface area contributed by atoms with Crippen LogP contribution in [0, 0.1) is 4.91 Å². The van der Waals surface area contributed by atoms with Crippen LogP contribution in [0.15, 0.2) is 5.29 Å².